The van der Waals surface area contributed by atoms with E-state index in [1.54, 1.807) is 13.0 Å². The second-order valence-electron chi connectivity index (χ2n) is 4.23. The van der Waals surface area contributed by atoms with Gasteiger partial charge >= 0.3 is 0 Å². The van der Waals surface area contributed by atoms with E-state index < -0.39 is 15.8 Å². The van der Waals surface area contributed by atoms with Gasteiger partial charge in [0.05, 0.1) is 10.7 Å². The van der Waals surface area contributed by atoms with Crippen molar-refractivity contribution in [3.05, 3.63) is 52.8 Å². The van der Waals surface area contributed by atoms with Gasteiger partial charge in [-0.1, -0.05) is 23.7 Å². The van der Waals surface area contributed by atoms with E-state index in [2.05, 4.69) is 4.72 Å². The van der Waals surface area contributed by atoms with Gasteiger partial charge in [0, 0.05) is 5.69 Å². The maximum Gasteiger partial charge on any atom is 0.263 e. The molecule has 0 spiro atoms. The Kier molecular flexibility index (Phi) is 3.87. The summed E-state index contributed by atoms with van der Waals surface area (Å²) in [7, 11) is -3.98. The molecular formula is C13H12ClFN2O2S. The normalized spacial score (nSPS) is 11.3. The van der Waals surface area contributed by atoms with E-state index in [0.717, 1.165) is 0 Å². The highest BCUT2D eigenvalue weighted by atomic mass is 35.5. The number of anilines is 2. The predicted molar refractivity (Wildman–Crippen MR) is 77.8 cm³/mol. The quantitative estimate of drug-likeness (QED) is 0.855. The molecule has 3 N–H and O–H groups in total. The fourth-order valence-electron chi connectivity index (χ4n) is 1.69. The van der Waals surface area contributed by atoms with Gasteiger partial charge in [0.25, 0.3) is 10.0 Å². The number of sulfonamides is 1. The van der Waals surface area contributed by atoms with Gasteiger partial charge in [-0.25, -0.2) is 12.8 Å². The zero-order valence-corrected chi connectivity index (χ0v) is 12.1. The first kappa shape index (κ1) is 14.6. The molecule has 2 rings (SSSR count). The number of benzene rings is 2. The smallest absolute Gasteiger partial charge is 0.263 e. The maximum atomic E-state index is 13.7. The predicted octanol–water partition coefficient (Wildman–Crippen LogP) is 3.17. The van der Waals surface area contributed by atoms with Crippen molar-refractivity contribution in [2.24, 2.45) is 0 Å². The molecule has 0 heterocycles. The van der Waals surface area contributed by atoms with Gasteiger partial charge in [-0.05, 0) is 36.8 Å². The molecule has 7 heteroatoms. The number of hydrogen-bond donors (Lipinski definition) is 2. The van der Waals surface area contributed by atoms with Gasteiger partial charge in [-0.2, -0.15) is 0 Å². The zero-order valence-electron chi connectivity index (χ0n) is 10.5. The third kappa shape index (κ3) is 2.86. The van der Waals surface area contributed by atoms with Crippen LogP contribution in [0.5, 0.6) is 0 Å². The average Bonchev–Trinajstić information content (AvgIpc) is 2.33. The van der Waals surface area contributed by atoms with Crippen LogP contribution in [0, 0.1) is 12.7 Å². The highest BCUT2D eigenvalue weighted by Gasteiger charge is 2.20. The number of nitrogens with one attached hydrogen (secondary N) is 1. The summed E-state index contributed by atoms with van der Waals surface area (Å²) < 4.78 is 40.4. The van der Waals surface area contributed by atoms with Gasteiger partial charge in [-0.15, -0.1) is 0 Å². The fourth-order valence-corrected chi connectivity index (χ4v) is 3.38. The van der Waals surface area contributed by atoms with Crippen molar-refractivity contribution in [2.45, 2.75) is 11.8 Å². The molecular weight excluding hydrogens is 303 g/mol. The van der Waals surface area contributed by atoms with Gasteiger partial charge in [0.15, 0.2) is 0 Å². The third-order valence-corrected chi connectivity index (χ3v) is 4.54. The third-order valence-electron chi connectivity index (χ3n) is 2.70. The number of halogens is 2. The van der Waals surface area contributed by atoms with Crippen molar-refractivity contribution in [3.8, 4) is 0 Å². The van der Waals surface area contributed by atoms with Crippen molar-refractivity contribution in [1.82, 2.24) is 0 Å². The second kappa shape index (κ2) is 5.30. The van der Waals surface area contributed by atoms with E-state index >= 15 is 0 Å². The number of hydrogen-bond acceptors (Lipinski definition) is 3. The van der Waals surface area contributed by atoms with Crippen LogP contribution in [-0.4, -0.2) is 8.42 Å². The van der Waals surface area contributed by atoms with Crippen LogP contribution < -0.4 is 10.5 Å². The Balaban J connectivity index is 2.46. The van der Waals surface area contributed by atoms with Gasteiger partial charge in [-0.3, -0.25) is 4.72 Å². The maximum absolute atomic E-state index is 13.7. The summed E-state index contributed by atoms with van der Waals surface area (Å²) in [6.45, 7) is 1.60. The molecule has 0 aliphatic carbocycles. The molecule has 0 aromatic heterocycles. The molecule has 0 aliphatic rings. The summed E-state index contributed by atoms with van der Waals surface area (Å²) in [5, 5.41) is -0.0218. The van der Waals surface area contributed by atoms with Crippen molar-refractivity contribution in [3.63, 3.8) is 0 Å². The topological polar surface area (TPSA) is 72.2 Å². The Hall–Kier alpha value is -1.79. The Bertz CT molecular complexity index is 743. The Morgan fingerprint density at radius 2 is 1.95 bits per heavy atom. The molecule has 4 nitrogen and oxygen atoms in total. The standard InChI is InChI=1S/C13H12ClFN2O2S/c1-8-3-2-4-11(15)13(8)17-20(18,19)12-6-5-9(16)7-10(12)14/h2-7,17H,16H2,1H3. The molecule has 0 unspecified atom stereocenters. The Morgan fingerprint density at radius 3 is 2.55 bits per heavy atom. The van der Waals surface area contributed by atoms with Gasteiger partial charge < -0.3 is 5.73 Å². The van der Waals surface area contributed by atoms with Crippen LogP contribution in [0.15, 0.2) is 41.3 Å². The average molecular weight is 315 g/mol. The first-order valence-corrected chi connectivity index (χ1v) is 7.50. The van der Waals surface area contributed by atoms with Crippen molar-refractivity contribution >= 4 is 33.0 Å². The minimum absolute atomic E-state index is 0.0218. The van der Waals surface area contributed by atoms with E-state index in [0.29, 0.717) is 11.3 Å². The van der Waals surface area contributed by atoms with Crippen LogP contribution in [-0.2, 0) is 10.0 Å². The van der Waals surface area contributed by atoms with Crippen molar-refractivity contribution in [1.29, 1.82) is 0 Å². The van der Waals surface area contributed by atoms with Crippen LogP contribution in [0.1, 0.15) is 5.56 Å². The summed E-state index contributed by atoms with van der Waals surface area (Å²) in [5.74, 6) is -0.653. The van der Waals surface area contributed by atoms with E-state index in [-0.39, 0.29) is 15.6 Å². The monoisotopic (exact) mass is 314 g/mol. The summed E-state index contributed by atoms with van der Waals surface area (Å²) in [6.07, 6.45) is 0. The van der Waals surface area contributed by atoms with E-state index in [4.69, 9.17) is 17.3 Å². The summed E-state index contributed by atoms with van der Waals surface area (Å²) in [5.41, 5.74) is 6.23. The van der Waals surface area contributed by atoms with Crippen LogP contribution in [0.25, 0.3) is 0 Å². The molecule has 0 fully saturated rings. The van der Waals surface area contributed by atoms with Crippen molar-refractivity contribution < 1.29 is 12.8 Å². The van der Waals surface area contributed by atoms with Crippen LogP contribution >= 0.6 is 11.6 Å². The largest absolute Gasteiger partial charge is 0.399 e. The van der Waals surface area contributed by atoms with Crippen LogP contribution in [0.2, 0.25) is 5.02 Å². The molecule has 0 atom stereocenters. The van der Waals surface area contributed by atoms with Crippen LogP contribution in [0.3, 0.4) is 0 Å². The number of rotatable bonds is 3. The molecule has 0 aliphatic heterocycles. The molecule has 106 valence electrons. The minimum atomic E-state index is -3.98. The van der Waals surface area contributed by atoms with Gasteiger partial charge in [0.2, 0.25) is 0 Å². The van der Waals surface area contributed by atoms with Gasteiger partial charge in [0.1, 0.15) is 10.7 Å². The number of aryl methyl sites for hydroxylation is 1. The highest BCUT2D eigenvalue weighted by Crippen LogP contribution is 2.27. The highest BCUT2D eigenvalue weighted by molar-refractivity contribution is 7.92. The first-order valence-electron chi connectivity index (χ1n) is 5.64. The zero-order chi connectivity index (χ0) is 14.9. The Labute approximate surface area is 121 Å². The lowest BCUT2D eigenvalue weighted by Gasteiger charge is -2.12. The Morgan fingerprint density at radius 1 is 1.25 bits per heavy atom. The molecule has 2 aromatic carbocycles. The van der Waals surface area contributed by atoms with E-state index in [1.807, 2.05) is 0 Å². The first-order chi connectivity index (χ1) is 9.31. The lowest BCUT2D eigenvalue weighted by Crippen LogP contribution is -2.15. The van der Waals surface area contributed by atoms with E-state index in [9.17, 15) is 12.8 Å². The minimum Gasteiger partial charge on any atom is -0.399 e. The molecule has 20 heavy (non-hydrogen) atoms. The number of nitrogen functional groups attached to an aromatic ring is 1. The molecule has 2 aromatic rings. The van der Waals surface area contributed by atoms with Crippen molar-refractivity contribution in [2.75, 3.05) is 10.5 Å². The fraction of sp³-hybridized carbons (Fsp3) is 0.0769. The molecule has 0 radical (unpaired) electrons. The van der Waals surface area contributed by atoms with Crippen LogP contribution in [0.4, 0.5) is 15.8 Å². The number of para-hydroxylation sites is 1. The SMILES string of the molecule is Cc1cccc(F)c1NS(=O)(=O)c1ccc(N)cc1Cl. The number of nitrogens with two attached hydrogens (primary N) is 1. The molecule has 0 amide bonds. The lowest BCUT2D eigenvalue weighted by molar-refractivity contribution is 0.598. The van der Waals surface area contributed by atoms with E-state index in [1.165, 1.54) is 30.3 Å². The molecule has 0 saturated carbocycles. The molecule has 0 saturated heterocycles. The second-order valence-corrected chi connectivity index (χ2v) is 6.29. The molecule has 0 bridgehead atoms. The summed E-state index contributed by atoms with van der Waals surface area (Å²) in [4.78, 5) is -0.156. The summed E-state index contributed by atoms with van der Waals surface area (Å²) in [6, 6.07) is 8.29. The lowest BCUT2D eigenvalue weighted by atomic mass is 10.2. The summed E-state index contributed by atoms with van der Waals surface area (Å²) >= 11 is 5.87.